The van der Waals surface area contributed by atoms with E-state index in [0.29, 0.717) is 34.5 Å². The van der Waals surface area contributed by atoms with Gasteiger partial charge in [0.1, 0.15) is 29.7 Å². The second kappa shape index (κ2) is 12.0. The molecule has 34 heavy (non-hydrogen) atoms. The van der Waals surface area contributed by atoms with Crippen LogP contribution < -0.4 is 24.3 Å². The third kappa shape index (κ3) is 6.22. The summed E-state index contributed by atoms with van der Waals surface area (Å²) >= 11 is 0. The highest BCUT2D eigenvalue weighted by Gasteiger charge is 2.24. The number of hydrogen-bond acceptors (Lipinski definition) is 6. The van der Waals surface area contributed by atoms with Gasteiger partial charge in [-0.25, -0.2) is 0 Å². The second-order valence-electron chi connectivity index (χ2n) is 8.39. The number of nitrogens with zero attached hydrogens (tertiary/aromatic N) is 1. The molecule has 1 amide bonds. The van der Waals surface area contributed by atoms with Gasteiger partial charge in [-0.3, -0.25) is 4.79 Å². The molecule has 0 aliphatic heterocycles. The fourth-order valence-electron chi connectivity index (χ4n) is 4.14. The molecule has 2 atom stereocenters. The Hall–Kier alpha value is -3.66. The first-order valence-electron chi connectivity index (χ1n) is 11.4. The van der Waals surface area contributed by atoms with Crippen LogP contribution in [0.2, 0.25) is 0 Å². The molecular weight excluding hydrogens is 432 g/mol. The average molecular weight is 465 g/mol. The summed E-state index contributed by atoms with van der Waals surface area (Å²) < 4.78 is 22.2. The minimum absolute atomic E-state index is 0.0645. The Morgan fingerprint density at radius 1 is 1.03 bits per heavy atom. The first-order valence-corrected chi connectivity index (χ1v) is 11.4. The van der Waals surface area contributed by atoms with Crippen molar-refractivity contribution in [1.29, 1.82) is 5.26 Å². The van der Waals surface area contributed by atoms with Gasteiger partial charge in [0.2, 0.25) is 0 Å². The molecule has 2 aromatic carbocycles. The summed E-state index contributed by atoms with van der Waals surface area (Å²) in [6.07, 6.45) is 5.90. The highest BCUT2D eigenvalue weighted by atomic mass is 16.5. The molecule has 1 saturated carbocycles. The zero-order valence-electron chi connectivity index (χ0n) is 20.2. The Balaban J connectivity index is 1.74. The molecule has 0 aromatic heterocycles. The van der Waals surface area contributed by atoms with E-state index in [9.17, 15) is 10.1 Å². The van der Waals surface area contributed by atoms with Crippen LogP contribution in [0.25, 0.3) is 6.08 Å². The van der Waals surface area contributed by atoms with E-state index in [2.05, 4.69) is 12.2 Å². The van der Waals surface area contributed by atoms with Gasteiger partial charge in [-0.2, -0.15) is 5.26 Å². The summed E-state index contributed by atoms with van der Waals surface area (Å²) in [5.41, 5.74) is 1.56. The first-order chi connectivity index (χ1) is 16.5. The molecule has 0 spiro atoms. The molecule has 1 N–H and O–H groups in total. The maximum absolute atomic E-state index is 12.7. The van der Waals surface area contributed by atoms with Gasteiger partial charge in [0, 0.05) is 11.6 Å². The van der Waals surface area contributed by atoms with Gasteiger partial charge in [0.25, 0.3) is 5.91 Å². The van der Waals surface area contributed by atoms with E-state index >= 15 is 0 Å². The van der Waals surface area contributed by atoms with E-state index in [1.54, 1.807) is 45.6 Å². The molecule has 0 unspecified atom stereocenters. The Labute approximate surface area is 201 Å². The standard InChI is InChI=1S/C27H32N2O5/c1-18-7-5-6-8-23(18)29-27(30)20(16-28)13-19-9-11-25(26(14-19)33-4)34-17-21-15-22(31-2)10-12-24(21)32-3/h9-15,18,23H,5-8,17H2,1-4H3,(H,29,30)/b20-13+/t18-,23-/m0/s1. The number of benzene rings is 2. The number of ether oxygens (including phenoxy) is 4. The summed E-state index contributed by atoms with van der Waals surface area (Å²) in [5.74, 6) is 2.49. The molecule has 0 radical (unpaired) electrons. The zero-order chi connectivity index (χ0) is 24.5. The van der Waals surface area contributed by atoms with E-state index in [0.717, 1.165) is 24.8 Å². The summed E-state index contributed by atoms with van der Waals surface area (Å²) in [7, 11) is 4.75. The lowest BCUT2D eigenvalue weighted by Crippen LogP contribution is -2.41. The number of amides is 1. The smallest absolute Gasteiger partial charge is 0.262 e. The minimum atomic E-state index is -0.342. The van der Waals surface area contributed by atoms with Crippen LogP contribution in [0.3, 0.4) is 0 Å². The van der Waals surface area contributed by atoms with E-state index in [1.807, 2.05) is 24.3 Å². The Morgan fingerprint density at radius 2 is 1.76 bits per heavy atom. The first kappa shape index (κ1) is 25.0. The minimum Gasteiger partial charge on any atom is -0.497 e. The van der Waals surface area contributed by atoms with Crippen LogP contribution in [-0.4, -0.2) is 33.3 Å². The normalized spacial score (nSPS) is 17.9. The van der Waals surface area contributed by atoms with Crippen molar-refractivity contribution in [3.05, 3.63) is 53.1 Å². The van der Waals surface area contributed by atoms with Crippen molar-refractivity contribution in [3.63, 3.8) is 0 Å². The van der Waals surface area contributed by atoms with Crippen LogP contribution in [0.15, 0.2) is 42.0 Å². The molecule has 0 saturated heterocycles. The molecule has 180 valence electrons. The van der Waals surface area contributed by atoms with Crippen molar-refractivity contribution >= 4 is 12.0 Å². The van der Waals surface area contributed by atoms with E-state index < -0.39 is 0 Å². The summed E-state index contributed by atoms with van der Waals surface area (Å²) in [6, 6.07) is 12.9. The summed E-state index contributed by atoms with van der Waals surface area (Å²) in [4.78, 5) is 12.7. The lowest BCUT2D eigenvalue weighted by molar-refractivity contribution is -0.118. The van der Waals surface area contributed by atoms with Crippen LogP contribution in [0.1, 0.15) is 43.7 Å². The zero-order valence-corrected chi connectivity index (χ0v) is 20.2. The Kier molecular flexibility index (Phi) is 8.80. The summed E-state index contributed by atoms with van der Waals surface area (Å²) in [6.45, 7) is 2.39. The van der Waals surface area contributed by atoms with Crippen molar-refractivity contribution in [3.8, 4) is 29.1 Å². The van der Waals surface area contributed by atoms with Crippen molar-refractivity contribution in [2.75, 3.05) is 21.3 Å². The van der Waals surface area contributed by atoms with Crippen LogP contribution in [0.4, 0.5) is 0 Å². The fraction of sp³-hybridized carbons (Fsp3) is 0.407. The summed E-state index contributed by atoms with van der Waals surface area (Å²) in [5, 5.41) is 12.6. The van der Waals surface area contributed by atoms with E-state index in [-0.39, 0.29) is 24.1 Å². The molecule has 1 fully saturated rings. The number of nitrogens with one attached hydrogen (secondary N) is 1. The van der Waals surface area contributed by atoms with Gasteiger partial charge in [-0.05, 0) is 60.7 Å². The third-order valence-corrected chi connectivity index (χ3v) is 6.16. The lowest BCUT2D eigenvalue weighted by Gasteiger charge is -2.29. The van der Waals surface area contributed by atoms with Crippen LogP contribution in [0.5, 0.6) is 23.0 Å². The Bertz CT molecular complexity index is 1070. The predicted molar refractivity (Wildman–Crippen MR) is 130 cm³/mol. The maximum Gasteiger partial charge on any atom is 0.262 e. The van der Waals surface area contributed by atoms with E-state index in [1.165, 1.54) is 6.42 Å². The van der Waals surface area contributed by atoms with Gasteiger partial charge >= 0.3 is 0 Å². The molecule has 3 rings (SSSR count). The van der Waals surface area contributed by atoms with Gasteiger partial charge in [-0.1, -0.05) is 25.8 Å². The highest BCUT2D eigenvalue weighted by molar-refractivity contribution is 6.01. The third-order valence-electron chi connectivity index (χ3n) is 6.16. The molecule has 1 aliphatic rings. The SMILES string of the molecule is COc1ccc(OC)c(COc2ccc(/C=C(\C#N)C(=O)N[C@H]3CCCC[C@@H]3C)cc2OC)c1. The highest BCUT2D eigenvalue weighted by Crippen LogP contribution is 2.32. The van der Waals surface area contributed by atoms with Crippen molar-refractivity contribution < 1.29 is 23.7 Å². The quantitative estimate of drug-likeness (QED) is 0.420. The van der Waals surface area contributed by atoms with E-state index in [4.69, 9.17) is 18.9 Å². The fourth-order valence-corrected chi connectivity index (χ4v) is 4.14. The molecule has 7 nitrogen and oxygen atoms in total. The number of carbonyl (C=O) groups excluding carboxylic acids is 1. The molecule has 2 aromatic rings. The van der Waals surface area contributed by atoms with Crippen molar-refractivity contribution in [1.82, 2.24) is 5.32 Å². The van der Waals surface area contributed by atoms with Crippen LogP contribution in [0, 0.1) is 17.2 Å². The molecule has 0 heterocycles. The number of methoxy groups -OCH3 is 3. The van der Waals surface area contributed by atoms with Crippen LogP contribution >= 0.6 is 0 Å². The van der Waals surface area contributed by atoms with Crippen molar-refractivity contribution in [2.45, 2.75) is 45.3 Å². The Morgan fingerprint density at radius 3 is 2.44 bits per heavy atom. The van der Waals surface area contributed by atoms with Gasteiger partial charge in [0.15, 0.2) is 11.5 Å². The monoisotopic (exact) mass is 464 g/mol. The lowest BCUT2D eigenvalue weighted by atomic mass is 9.86. The second-order valence-corrected chi connectivity index (χ2v) is 8.39. The largest absolute Gasteiger partial charge is 0.497 e. The molecule has 1 aliphatic carbocycles. The molecule has 7 heteroatoms. The van der Waals surface area contributed by atoms with Crippen molar-refractivity contribution in [2.24, 2.45) is 5.92 Å². The van der Waals surface area contributed by atoms with Crippen LogP contribution in [-0.2, 0) is 11.4 Å². The number of hydrogen-bond donors (Lipinski definition) is 1. The molecular formula is C27H32N2O5. The number of nitriles is 1. The van der Waals surface area contributed by atoms with Gasteiger partial charge in [0.05, 0.1) is 21.3 Å². The number of rotatable bonds is 9. The van der Waals surface area contributed by atoms with Gasteiger partial charge in [-0.15, -0.1) is 0 Å². The number of carbonyl (C=O) groups is 1. The topological polar surface area (TPSA) is 89.8 Å². The van der Waals surface area contributed by atoms with Gasteiger partial charge < -0.3 is 24.3 Å². The predicted octanol–water partition coefficient (Wildman–Crippen LogP) is 4.89. The average Bonchev–Trinajstić information content (AvgIpc) is 2.87. The maximum atomic E-state index is 12.7. The molecule has 0 bridgehead atoms.